The van der Waals surface area contributed by atoms with E-state index in [-0.39, 0.29) is 5.91 Å². The number of pyridine rings is 1. The van der Waals surface area contributed by atoms with Gasteiger partial charge in [-0.15, -0.1) is 0 Å². The zero-order valence-corrected chi connectivity index (χ0v) is 7.69. The van der Waals surface area contributed by atoms with Crippen molar-refractivity contribution in [3.05, 3.63) is 18.3 Å². The fraction of sp³-hybridized carbons (Fsp3) is 0.333. The van der Waals surface area contributed by atoms with Gasteiger partial charge in [0.25, 0.3) is 0 Å². The van der Waals surface area contributed by atoms with E-state index in [9.17, 15) is 4.79 Å². The quantitative estimate of drug-likeness (QED) is 0.578. The molecular weight excluding hydrogens is 166 g/mol. The van der Waals surface area contributed by atoms with Gasteiger partial charge in [0.15, 0.2) is 5.82 Å². The summed E-state index contributed by atoms with van der Waals surface area (Å²) in [5.74, 6) is 0.965. The SMILES string of the molecule is CN1CC(=O)N(C)c2cccnc21. The fourth-order valence-corrected chi connectivity index (χ4v) is 1.46. The number of aromatic nitrogens is 1. The van der Waals surface area contributed by atoms with Gasteiger partial charge in [0, 0.05) is 20.3 Å². The summed E-state index contributed by atoms with van der Waals surface area (Å²) >= 11 is 0. The minimum Gasteiger partial charge on any atom is -0.349 e. The molecule has 1 aliphatic heterocycles. The lowest BCUT2D eigenvalue weighted by Crippen LogP contribution is -2.42. The summed E-state index contributed by atoms with van der Waals surface area (Å²) in [7, 11) is 3.65. The lowest BCUT2D eigenvalue weighted by Gasteiger charge is -2.31. The third-order valence-corrected chi connectivity index (χ3v) is 2.24. The lowest BCUT2D eigenvalue weighted by molar-refractivity contribution is -0.117. The van der Waals surface area contributed by atoms with E-state index in [0.717, 1.165) is 11.5 Å². The lowest BCUT2D eigenvalue weighted by atomic mass is 10.2. The van der Waals surface area contributed by atoms with Crippen molar-refractivity contribution < 1.29 is 4.79 Å². The average Bonchev–Trinajstić information content (AvgIpc) is 2.15. The molecule has 0 unspecified atom stereocenters. The average molecular weight is 177 g/mol. The minimum atomic E-state index is 0.100. The number of hydrogen-bond acceptors (Lipinski definition) is 3. The van der Waals surface area contributed by atoms with Crippen LogP contribution in [0.2, 0.25) is 0 Å². The van der Waals surface area contributed by atoms with E-state index < -0.39 is 0 Å². The van der Waals surface area contributed by atoms with Gasteiger partial charge in [-0.1, -0.05) is 0 Å². The number of carbonyl (C=O) groups excluding carboxylic acids is 1. The van der Waals surface area contributed by atoms with E-state index in [1.165, 1.54) is 0 Å². The number of amides is 1. The zero-order chi connectivity index (χ0) is 9.42. The Balaban J connectivity index is 2.53. The third kappa shape index (κ3) is 1.14. The molecule has 0 aliphatic carbocycles. The van der Waals surface area contributed by atoms with Crippen molar-refractivity contribution in [2.75, 3.05) is 30.4 Å². The first-order valence-corrected chi connectivity index (χ1v) is 4.13. The molecule has 0 fully saturated rings. The molecule has 1 amide bonds. The smallest absolute Gasteiger partial charge is 0.246 e. The van der Waals surface area contributed by atoms with Crippen LogP contribution >= 0.6 is 0 Å². The summed E-state index contributed by atoms with van der Waals surface area (Å²) in [6, 6.07) is 3.73. The predicted molar refractivity (Wildman–Crippen MR) is 50.9 cm³/mol. The number of likely N-dealkylation sites (N-methyl/N-ethyl adjacent to an activating group) is 2. The van der Waals surface area contributed by atoms with Crippen molar-refractivity contribution >= 4 is 17.4 Å². The van der Waals surface area contributed by atoms with Crippen LogP contribution in [0.1, 0.15) is 0 Å². The first-order valence-electron chi connectivity index (χ1n) is 4.13. The second-order valence-electron chi connectivity index (χ2n) is 3.15. The molecule has 0 aromatic carbocycles. The molecule has 4 nitrogen and oxygen atoms in total. The van der Waals surface area contributed by atoms with Gasteiger partial charge in [0.05, 0.1) is 12.2 Å². The molecule has 68 valence electrons. The molecular formula is C9H11N3O. The van der Waals surface area contributed by atoms with E-state index in [1.54, 1.807) is 18.1 Å². The Morgan fingerprint density at radius 3 is 3.00 bits per heavy atom. The molecule has 1 aliphatic rings. The summed E-state index contributed by atoms with van der Waals surface area (Å²) in [5, 5.41) is 0. The van der Waals surface area contributed by atoms with Gasteiger partial charge in [-0.05, 0) is 12.1 Å². The molecule has 0 saturated carbocycles. The molecule has 13 heavy (non-hydrogen) atoms. The van der Waals surface area contributed by atoms with Crippen LogP contribution in [0.4, 0.5) is 11.5 Å². The molecule has 0 radical (unpaired) electrons. The summed E-state index contributed by atoms with van der Waals surface area (Å²) in [5.41, 5.74) is 0.876. The van der Waals surface area contributed by atoms with Gasteiger partial charge in [0.2, 0.25) is 5.91 Å². The first-order chi connectivity index (χ1) is 6.20. The Labute approximate surface area is 76.8 Å². The van der Waals surface area contributed by atoms with Crippen molar-refractivity contribution in [3.63, 3.8) is 0 Å². The van der Waals surface area contributed by atoms with Gasteiger partial charge in [-0.3, -0.25) is 4.79 Å². The Kier molecular flexibility index (Phi) is 1.69. The van der Waals surface area contributed by atoms with Crippen molar-refractivity contribution in [2.24, 2.45) is 0 Å². The molecule has 0 saturated heterocycles. The summed E-state index contributed by atoms with van der Waals surface area (Å²) in [4.78, 5) is 19.1. The van der Waals surface area contributed by atoms with Gasteiger partial charge < -0.3 is 9.80 Å². The van der Waals surface area contributed by atoms with Crippen LogP contribution in [0.25, 0.3) is 0 Å². The predicted octanol–water partition coefficient (Wildman–Crippen LogP) is 0.494. The maximum atomic E-state index is 11.4. The Hall–Kier alpha value is -1.58. The number of hydrogen-bond donors (Lipinski definition) is 0. The van der Waals surface area contributed by atoms with Gasteiger partial charge in [-0.2, -0.15) is 0 Å². The first kappa shape index (κ1) is 8.04. The van der Waals surface area contributed by atoms with E-state index in [4.69, 9.17) is 0 Å². The maximum Gasteiger partial charge on any atom is 0.246 e. The summed E-state index contributed by atoms with van der Waals surface area (Å²) < 4.78 is 0. The molecule has 4 heteroatoms. The van der Waals surface area contributed by atoms with Gasteiger partial charge in [-0.25, -0.2) is 4.98 Å². The maximum absolute atomic E-state index is 11.4. The van der Waals surface area contributed by atoms with Crippen LogP contribution in [-0.2, 0) is 4.79 Å². The van der Waals surface area contributed by atoms with Crippen molar-refractivity contribution in [1.82, 2.24) is 4.98 Å². The van der Waals surface area contributed by atoms with Crippen LogP contribution in [0, 0.1) is 0 Å². The van der Waals surface area contributed by atoms with Gasteiger partial charge in [0.1, 0.15) is 0 Å². The molecule has 0 atom stereocenters. The van der Waals surface area contributed by atoms with E-state index in [1.807, 2.05) is 24.1 Å². The topological polar surface area (TPSA) is 36.4 Å². The highest BCUT2D eigenvalue weighted by Crippen LogP contribution is 2.28. The van der Waals surface area contributed by atoms with Crippen LogP contribution < -0.4 is 9.80 Å². The monoisotopic (exact) mass is 177 g/mol. The van der Waals surface area contributed by atoms with Crippen molar-refractivity contribution in [3.8, 4) is 0 Å². The highest BCUT2D eigenvalue weighted by Gasteiger charge is 2.24. The van der Waals surface area contributed by atoms with Crippen LogP contribution in [0.3, 0.4) is 0 Å². The van der Waals surface area contributed by atoms with E-state index in [0.29, 0.717) is 6.54 Å². The number of rotatable bonds is 0. The van der Waals surface area contributed by atoms with E-state index in [2.05, 4.69) is 4.98 Å². The Morgan fingerprint density at radius 1 is 1.46 bits per heavy atom. The van der Waals surface area contributed by atoms with Crippen LogP contribution in [0.5, 0.6) is 0 Å². The van der Waals surface area contributed by atoms with Crippen molar-refractivity contribution in [2.45, 2.75) is 0 Å². The summed E-state index contributed by atoms with van der Waals surface area (Å²) in [6.45, 7) is 0.403. The number of fused-ring (bicyclic) bond motifs is 1. The number of carbonyl (C=O) groups is 1. The Morgan fingerprint density at radius 2 is 2.23 bits per heavy atom. The third-order valence-electron chi connectivity index (χ3n) is 2.24. The molecule has 1 aromatic rings. The van der Waals surface area contributed by atoms with Crippen LogP contribution in [-0.4, -0.2) is 31.5 Å². The summed E-state index contributed by atoms with van der Waals surface area (Å²) in [6.07, 6.45) is 1.74. The highest BCUT2D eigenvalue weighted by atomic mass is 16.2. The number of anilines is 2. The molecule has 0 N–H and O–H groups in total. The largest absolute Gasteiger partial charge is 0.349 e. The molecule has 0 bridgehead atoms. The fourth-order valence-electron chi connectivity index (χ4n) is 1.46. The second kappa shape index (κ2) is 2.73. The standard InChI is InChI=1S/C9H11N3O/c1-11-6-8(13)12(2)7-4-3-5-10-9(7)11/h3-5H,6H2,1-2H3. The normalized spacial score (nSPS) is 16.0. The van der Waals surface area contributed by atoms with Gasteiger partial charge >= 0.3 is 0 Å². The number of nitrogens with zero attached hydrogens (tertiary/aromatic N) is 3. The van der Waals surface area contributed by atoms with Crippen LogP contribution in [0.15, 0.2) is 18.3 Å². The van der Waals surface area contributed by atoms with E-state index >= 15 is 0 Å². The molecule has 0 spiro atoms. The second-order valence-corrected chi connectivity index (χ2v) is 3.15. The highest BCUT2D eigenvalue weighted by molar-refractivity contribution is 6.01. The molecule has 1 aromatic heterocycles. The zero-order valence-electron chi connectivity index (χ0n) is 7.69. The Bertz CT molecular complexity index is 350. The minimum absolute atomic E-state index is 0.100. The van der Waals surface area contributed by atoms with Crippen molar-refractivity contribution in [1.29, 1.82) is 0 Å². The molecule has 2 heterocycles. The molecule has 2 rings (SSSR count).